The van der Waals surface area contributed by atoms with Crippen LogP contribution in [0.25, 0.3) is 0 Å². The van der Waals surface area contributed by atoms with Crippen molar-refractivity contribution < 1.29 is 4.79 Å². The zero-order valence-corrected chi connectivity index (χ0v) is 20.0. The molecule has 7 heteroatoms. The molecule has 1 unspecified atom stereocenters. The predicted octanol–water partition coefficient (Wildman–Crippen LogP) is 5.60. The Bertz CT molecular complexity index is 1260. The molecule has 4 aromatic rings. The molecule has 1 fully saturated rings. The molecule has 0 radical (unpaired) electrons. The summed E-state index contributed by atoms with van der Waals surface area (Å²) in [5.74, 6) is 1.74. The summed E-state index contributed by atoms with van der Waals surface area (Å²) in [6.45, 7) is 3.36. The number of thiazole rings is 1. The summed E-state index contributed by atoms with van der Waals surface area (Å²) in [6, 6.07) is 21.9. The number of nitrogens with one attached hydrogen (secondary N) is 1. The minimum atomic E-state index is 0.0863. The molecule has 0 bridgehead atoms. The Morgan fingerprint density at radius 3 is 2.65 bits per heavy atom. The van der Waals surface area contributed by atoms with E-state index in [0.717, 1.165) is 48.0 Å². The second-order valence-corrected chi connectivity index (χ2v) is 9.72. The maximum Gasteiger partial charge on any atom is 0.253 e. The molecular weight excluding hydrogens is 442 g/mol. The van der Waals surface area contributed by atoms with Crippen molar-refractivity contribution in [2.24, 2.45) is 0 Å². The number of aryl methyl sites for hydroxylation is 1. The topological polar surface area (TPSA) is 71.0 Å². The Morgan fingerprint density at radius 1 is 1.09 bits per heavy atom. The van der Waals surface area contributed by atoms with Crippen molar-refractivity contribution in [2.75, 3.05) is 18.4 Å². The fraction of sp³-hybridized carbons (Fsp3) is 0.259. The van der Waals surface area contributed by atoms with Gasteiger partial charge in [0.15, 0.2) is 5.13 Å². The quantitative estimate of drug-likeness (QED) is 0.398. The number of carbonyl (C=O) groups is 1. The van der Waals surface area contributed by atoms with Gasteiger partial charge >= 0.3 is 0 Å². The molecule has 6 nitrogen and oxygen atoms in total. The van der Waals surface area contributed by atoms with Gasteiger partial charge in [-0.25, -0.2) is 15.0 Å². The number of aromatic nitrogens is 3. The van der Waals surface area contributed by atoms with Crippen LogP contribution in [-0.2, 0) is 6.42 Å². The Kier molecular flexibility index (Phi) is 6.62. The van der Waals surface area contributed by atoms with E-state index in [9.17, 15) is 4.79 Å². The minimum absolute atomic E-state index is 0.0863. The molecule has 34 heavy (non-hydrogen) atoms. The fourth-order valence-electron chi connectivity index (χ4n) is 4.38. The molecule has 0 aliphatic carbocycles. The van der Waals surface area contributed by atoms with Crippen molar-refractivity contribution >= 4 is 28.2 Å². The normalized spacial score (nSPS) is 15.8. The van der Waals surface area contributed by atoms with Gasteiger partial charge in [-0.3, -0.25) is 4.79 Å². The largest absolute Gasteiger partial charge is 0.338 e. The highest BCUT2D eigenvalue weighted by Crippen LogP contribution is 2.29. The van der Waals surface area contributed by atoms with E-state index in [4.69, 9.17) is 4.98 Å². The predicted molar refractivity (Wildman–Crippen MR) is 136 cm³/mol. The van der Waals surface area contributed by atoms with E-state index in [-0.39, 0.29) is 11.8 Å². The van der Waals surface area contributed by atoms with Crippen LogP contribution < -0.4 is 5.32 Å². The summed E-state index contributed by atoms with van der Waals surface area (Å²) >= 11 is 1.64. The molecule has 1 aliphatic rings. The number of amides is 1. The lowest BCUT2D eigenvalue weighted by Gasteiger charge is -2.32. The zero-order valence-electron chi connectivity index (χ0n) is 19.1. The van der Waals surface area contributed by atoms with Gasteiger partial charge in [-0.05, 0) is 37.5 Å². The Balaban J connectivity index is 1.29. The smallest absolute Gasteiger partial charge is 0.253 e. The molecule has 0 saturated carbocycles. The number of rotatable bonds is 6. The lowest BCUT2D eigenvalue weighted by Crippen LogP contribution is -2.39. The maximum absolute atomic E-state index is 13.0. The molecule has 1 N–H and O–H groups in total. The van der Waals surface area contributed by atoms with Crippen molar-refractivity contribution in [1.82, 2.24) is 19.9 Å². The monoisotopic (exact) mass is 469 g/mol. The van der Waals surface area contributed by atoms with Gasteiger partial charge in [0.2, 0.25) is 0 Å². The van der Waals surface area contributed by atoms with Gasteiger partial charge in [0, 0.05) is 48.1 Å². The van der Waals surface area contributed by atoms with Crippen LogP contribution in [0.2, 0.25) is 0 Å². The average molecular weight is 470 g/mol. The number of carbonyl (C=O) groups excluding carboxylic acids is 1. The molecule has 1 amide bonds. The highest BCUT2D eigenvalue weighted by molar-refractivity contribution is 7.15. The molecular formula is C27H27N5OS. The molecule has 2 aromatic carbocycles. The first-order chi connectivity index (χ1) is 16.6. The Labute approximate surface area is 203 Å². The lowest BCUT2D eigenvalue weighted by molar-refractivity contribution is 0.0706. The van der Waals surface area contributed by atoms with Crippen LogP contribution in [0.5, 0.6) is 0 Å². The van der Waals surface area contributed by atoms with Crippen LogP contribution in [0.3, 0.4) is 0 Å². The van der Waals surface area contributed by atoms with Crippen LogP contribution >= 0.6 is 11.3 Å². The van der Waals surface area contributed by atoms with Crippen LogP contribution in [-0.4, -0.2) is 38.8 Å². The Morgan fingerprint density at radius 2 is 1.85 bits per heavy atom. The summed E-state index contributed by atoms with van der Waals surface area (Å²) < 4.78 is 0. The zero-order chi connectivity index (χ0) is 23.3. The maximum atomic E-state index is 13.0. The average Bonchev–Trinajstić information content (AvgIpc) is 3.31. The van der Waals surface area contributed by atoms with Crippen molar-refractivity contribution in [3.05, 3.63) is 100 Å². The van der Waals surface area contributed by atoms with E-state index in [1.54, 1.807) is 11.3 Å². The summed E-state index contributed by atoms with van der Waals surface area (Å²) in [5.41, 5.74) is 2.98. The van der Waals surface area contributed by atoms with Crippen LogP contribution in [0.15, 0.2) is 72.9 Å². The van der Waals surface area contributed by atoms with Gasteiger partial charge in [-0.15, -0.1) is 11.3 Å². The first kappa shape index (κ1) is 22.2. The molecule has 172 valence electrons. The van der Waals surface area contributed by atoms with Crippen molar-refractivity contribution in [1.29, 1.82) is 0 Å². The van der Waals surface area contributed by atoms with E-state index in [1.807, 2.05) is 60.5 Å². The molecule has 0 spiro atoms. The van der Waals surface area contributed by atoms with Gasteiger partial charge in [0.1, 0.15) is 11.6 Å². The van der Waals surface area contributed by atoms with Crippen molar-refractivity contribution in [3.63, 3.8) is 0 Å². The summed E-state index contributed by atoms with van der Waals surface area (Å²) in [5, 5.41) is 4.18. The van der Waals surface area contributed by atoms with Crippen LogP contribution in [0, 0.1) is 6.92 Å². The van der Waals surface area contributed by atoms with Crippen LogP contribution in [0.1, 0.15) is 51.1 Å². The van der Waals surface area contributed by atoms with Gasteiger partial charge in [-0.2, -0.15) is 0 Å². The number of piperidine rings is 1. The SMILES string of the molecule is Cc1nc(Nc2ncc(Cc3ccccc3)s2)cc(C2CCCN(C(=O)c3ccccc3)C2)n1. The fourth-order valence-corrected chi connectivity index (χ4v) is 5.24. The number of nitrogens with zero attached hydrogens (tertiary/aromatic N) is 4. The van der Waals surface area contributed by atoms with Gasteiger partial charge in [0.05, 0.1) is 5.69 Å². The highest BCUT2D eigenvalue weighted by atomic mass is 32.1. The van der Waals surface area contributed by atoms with Gasteiger partial charge < -0.3 is 10.2 Å². The lowest BCUT2D eigenvalue weighted by atomic mass is 9.94. The first-order valence-electron chi connectivity index (χ1n) is 11.6. The van der Waals surface area contributed by atoms with E-state index < -0.39 is 0 Å². The number of hydrogen-bond acceptors (Lipinski definition) is 6. The molecule has 5 rings (SSSR count). The molecule has 1 aliphatic heterocycles. The molecule has 3 heterocycles. The number of likely N-dealkylation sites (tertiary alicyclic amines) is 1. The van der Waals surface area contributed by atoms with Crippen LogP contribution in [0.4, 0.5) is 10.9 Å². The second-order valence-electron chi connectivity index (χ2n) is 8.60. The standard InChI is InChI=1S/C27H27N5OS/c1-19-29-24(22-13-8-14-32(18-22)26(33)21-11-6-3-7-12-21)16-25(30-19)31-27-28-17-23(34-27)15-20-9-4-2-5-10-20/h2-7,9-12,16-17,22H,8,13-15,18H2,1H3,(H,28,29,30,31). The van der Waals surface area contributed by atoms with Crippen molar-refractivity contribution in [2.45, 2.75) is 32.1 Å². The third-order valence-corrected chi connectivity index (χ3v) is 6.93. The Hall–Kier alpha value is -3.58. The third kappa shape index (κ3) is 5.31. The summed E-state index contributed by atoms with van der Waals surface area (Å²) in [7, 11) is 0. The van der Waals surface area contributed by atoms with E-state index in [1.165, 1.54) is 10.4 Å². The first-order valence-corrected chi connectivity index (χ1v) is 12.4. The number of hydrogen-bond donors (Lipinski definition) is 1. The van der Waals surface area contributed by atoms with E-state index in [2.05, 4.69) is 39.6 Å². The minimum Gasteiger partial charge on any atom is -0.338 e. The number of anilines is 2. The molecule has 1 saturated heterocycles. The summed E-state index contributed by atoms with van der Waals surface area (Å²) in [4.78, 5) is 30.0. The second kappa shape index (κ2) is 10.1. The van der Waals surface area contributed by atoms with E-state index >= 15 is 0 Å². The van der Waals surface area contributed by atoms with Gasteiger partial charge in [-0.1, -0.05) is 48.5 Å². The van der Waals surface area contributed by atoms with E-state index in [0.29, 0.717) is 12.4 Å². The van der Waals surface area contributed by atoms with Crippen molar-refractivity contribution in [3.8, 4) is 0 Å². The third-order valence-electron chi connectivity index (χ3n) is 6.02. The highest BCUT2D eigenvalue weighted by Gasteiger charge is 2.27. The summed E-state index contributed by atoms with van der Waals surface area (Å²) in [6.07, 6.45) is 4.75. The molecule has 2 aromatic heterocycles. The van der Waals surface area contributed by atoms with Gasteiger partial charge in [0.25, 0.3) is 5.91 Å². The molecule has 1 atom stereocenters. The number of benzene rings is 2.